The van der Waals surface area contributed by atoms with Crippen LogP contribution >= 0.6 is 11.3 Å². The molecule has 0 unspecified atom stereocenters. The van der Waals surface area contributed by atoms with Gasteiger partial charge in [-0.15, -0.1) is 0 Å². The second-order valence-corrected chi connectivity index (χ2v) is 8.97. The maximum Gasteiger partial charge on any atom is 0.229 e. The Labute approximate surface area is 200 Å². The Kier molecular flexibility index (Phi) is 6.72. The zero-order chi connectivity index (χ0) is 23.3. The van der Waals surface area contributed by atoms with E-state index in [2.05, 4.69) is 25.2 Å². The first kappa shape index (κ1) is 22.4. The maximum absolute atomic E-state index is 12.5. The molecule has 11 heteroatoms. The van der Waals surface area contributed by atoms with Gasteiger partial charge in [-0.05, 0) is 37.1 Å². The number of carbonyl (C=O) groups excluding carboxylic acids is 1. The summed E-state index contributed by atoms with van der Waals surface area (Å²) in [6.07, 6.45) is 6.20. The van der Waals surface area contributed by atoms with Crippen LogP contribution in [0, 0.1) is 5.92 Å². The van der Waals surface area contributed by atoms with E-state index in [0.29, 0.717) is 47.9 Å². The van der Waals surface area contributed by atoms with Gasteiger partial charge in [0.15, 0.2) is 10.9 Å². The lowest BCUT2D eigenvalue weighted by Gasteiger charge is -2.34. The number of carbonyl (C=O) groups is 1. The molecular formula is C23H25N5O5S. The van der Waals surface area contributed by atoms with Crippen molar-refractivity contribution in [2.24, 2.45) is 5.92 Å². The number of nitrogens with one attached hydrogen (secondary N) is 1. The fourth-order valence-electron chi connectivity index (χ4n) is 3.70. The van der Waals surface area contributed by atoms with Gasteiger partial charge in [0.25, 0.3) is 0 Å². The molecule has 5 rings (SSSR count). The van der Waals surface area contributed by atoms with Gasteiger partial charge in [-0.2, -0.15) is 0 Å². The zero-order valence-electron chi connectivity index (χ0n) is 18.7. The smallest absolute Gasteiger partial charge is 0.229 e. The second-order valence-electron chi connectivity index (χ2n) is 7.98. The molecule has 2 aromatic heterocycles. The Hall–Kier alpha value is -3.44. The van der Waals surface area contributed by atoms with Crippen LogP contribution in [-0.2, 0) is 9.53 Å². The van der Waals surface area contributed by atoms with Crippen molar-refractivity contribution in [3.8, 4) is 22.3 Å². The van der Waals surface area contributed by atoms with Crippen LogP contribution in [0.5, 0.6) is 22.3 Å². The van der Waals surface area contributed by atoms with Crippen LogP contribution in [0.1, 0.15) is 12.8 Å². The van der Waals surface area contributed by atoms with Gasteiger partial charge in [0, 0.05) is 19.0 Å². The van der Waals surface area contributed by atoms with Gasteiger partial charge in [-0.3, -0.25) is 4.79 Å². The fraction of sp³-hybridized carbons (Fsp3) is 0.391. The summed E-state index contributed by atoms with van der Waals surface area (Å²) < 4.78 is 22.2. The lowest BCUT2D eigenvalue weighted by molar-refractivity contribution is -0.125. The highest BCUT2D eigenvalue weighted by Gasteiger charge is 2.36. The van der Waals surface area contributed by atoms with E-state index in [1.54, 1.807) is 25.7 Å². The molecule has 0 spiro atoms. The van der Waals surface area contributed by atoms with Crippen molar-refractivity contribution in [3.05, 3.63) is 42.9 Å². The average molecular weight is 484 g/mol. The molecule has 1 aromatic carbocycles. The summed E-state index contributed by atoms with van der Waals surface area (Å²) in [5.74, 6) is 2.56. The molecule has 0 bridgehead atoms. The van der Waals surface area contributed by atoms with E-state index in [-0.39, 0.29) is 17.9 Å². The topological polar surface area (TPSA) is 108 Å². The molecule has 1 saturated carbocycles. The summed E-state index contributed by atoms with van der Waals surface area (Å²) in [6, 6.07) is 7.44. The van der Waals surface area contributed by atoms with Gasteiger partial charge in [-0.25, -0.2) is 15.0 Å². The molecule has 3 heterocycles. The summed E-state index contributed by atoms with van der Waals surface area (Å²) in [4.78, 5) is 27.6. The van der Waals surface area contributed by atoms with Crippen molar-refractivity contribution in [2.75, 3.05) is 43.6 Å². The summed E-state index contributed by atoms with van der Waals surface area (Å²) in [6.45, 7) is 2.89. The quantitative estimate of drug-likeness (QED) is 0.516. The molecule has 3 aromatic rings. The normalized spacial score (nSPS) is 19.7. The number of nitrogens with zero attached hydrogens (tertiary/aromatic N) is 4. The van der Waals surface area contributed by atoms with E-state index >= 15 is 0 Å². The first-order valence-corrected chi connectivity index (χ1v) is 11.9. The van der Waals surface area contributed by atoms with Crippen LogP contribution in [0.2, 0.25) is 0 Å². The first-order valence-electron chi connectivity index (χ1n) is 11.1. The molecule has 1 aliphatic carbocycles. The van der Waals surface area contributed by atoms with Crippen molar-refractivity contribution in [1.29, 1.82) is 0 Å². The number of rotatable bonds is 8. The highest BCUT2D eigenvalue weighted by molar-refractivity contribution is 7.17. The van der Waals surface area contributed by atoms with Crippen LogP contribution in [0.3, 0.4) is 0 Å². The number of thiazole rings is 1. The summed E-state index contributed by atoms with van der Waals surface area (Å²) in [5, 5.41) is 3.91. The molecule has 178 valence electrons. The lowest BCUT2D eigenvalue weighted by atomic mass is 9.81. The number of hydrogen-bond donors (Lipinski definition) is 1. The second kappa shape index (κ2) is 10.2. The van der Waals surface area contributed by atoms with Crippen molar-refractivity contribution in [3.63, 3.8) is 0 Å². The fourth-order valence-corrected chi connectivity index (χ4v) is 4.39. The van der Waals surface area contributed by atoms with Crippen molar-refractivity contribution in [1.82, 2.24) is 15.0 Å². The van der Waals surface area contributed by atoms with E-state index < -0.39 is 0 Å². The van der Waals surface area contributed by atoms with Crippen LogP contribution < -0.4 is 24.4 Å². The third-order valence-electron chi connectivity index (χ3n) is 5.67. The number of benzene rings is 1. The average Bonchev–Trinajstić information content (AvgIpc) is 3.29. The molecule has 1 aliphatic heterocycles. The van der Waals surface area contributed by atoms with Gasteiger partial charge < -0.3 is 29.2 Å². The number of ether oxygens (including phenoxy) is 4. The molecule has 10 nitrogen and oxygen atoms in total. The molecule has 2 fully saturated rings. The maximum atomic E-state index is 12.5. The van der Waals surface area contributed by atoms with Crippen molar-refractivity contribution < 1.29 is 23.7 Å². The lowest BCUT2D eigenvalue weighted by Crippen LogP contribution is -2.40. The van der Waals surface area contributed by atoms with Crippen LogP contribution in [0.4, 0.5) is 11.1 Å². The molecule has 0 radical (unpaired) electrons. The van der Waals surface area contributed by atoms with Crippen LogP contribution in [0.25, 0.3) is 0 Å². The zero-order valence-corrected chi connectivity index (χ0v) is 19.5. The Balaban J connectivity index is 1.07. The van der Waals surface area contributed by atoms with Gasteiger partial charge >= 0.3 is 0 Å². The van der Waals surface area contributed by atoms with Gasteiger partial charge in [0.1, 0.15) is 17.6 Å². The third kappa shape index (κ3) is 5.37. The number of anilines is 2. The molecular weight excluding hydrogens is 458 g/mol. The summed E-state index contributed by atoms with van der Waals surface area (Å²) in [7, 11) is 1.63. The minimum atomic E-state index is -0.0994. The number of aromatic nitrogens is 3. The molecule has 1 N–H and O–H groups in total. The molecule has 0 atom stereocenters. The largest absolute Gasteiger partial charge is 0.497 e. The Morgan fingerprint density at radius 2 is 1.74 bits per heavy atom. The van der Waals surface area contributed by atoms with Crippen molar-refractivity contribution >= 4 is 28.3 Å². The standard InChI is InChI=1S/C23H25N5O5S/c1-30-16-2-4-17(5-3-16)32-18-10-15(11-18)21(29)27-23-26-14-20(34-23)33-19-12-24-22(25-13-19)28-6-8-31-9-7-28/h2-5,12-15,18H,6-11H2,1H3,(H,26,27,29). The Morgan fingerprint density at radius 3 is 2.44 bits per heavy atom. The predicted octanol–water partition coefficient (Wildman–Crippen LogP) is 3.37. The van der Waals surface area contributed by atoms with Gasteiger partial charge in [0.05, 0.1) is 38.9 Å². The number of hydrogen-bond acceptors (Lipinski definition) is 10. The highest BCUT2D eigenvalue weighted by atomic mass is 32.1. The number of morpholine rings is 1. The van der Waals surface area contributed by atoms with Crippen LogP contribution in [-0.4, -0.2) is 60.4 Å². The molecule has 2 aliphatic rings. The Morgan fingerprint density at radius 1 is 1.03 bits per heavy atom. The molecule has 1 amide bonds. The van der Waals surface area contributed by atoms with Crippen molar-refractivity contribution in [2.45, 2.75) is 18.9 Å². The first-order chi connectivity index (χ1) is 16.7. The van der Waals surface area contributed by atoms with E-state index in [1.165, 1.54) is 11.3 Å². The van der Waals surface area contributed by atoms with Gasteiger partial charge in [-0.1, -0.05) is 11.3 Å². The molecule has 34 heavy (non-hydrogen) atoms. The van der Waals surface area contributed by atoms with E-state index in [0.717, 1.165) is 24.6 Å². The van der Waals surface area contributed by atoms with E-state index in [4.69, 9.17) is 18.9 Å². The minimum absolute atomic E-state index is 0.0276. The third-order valence-corrected chi connectivity index (χ3v) is 6.46. The molecule has 1 saturated heterocycles. The minimum Gasteiger partial charge on any atom is -0.497 e. The van der Waals surface area contributed by atoms with Gasteiger partial charge in [0.2, 0.25) is 16.9 Å². The Bertz CT molecular complexity index is 1100. The predicted molar refractivity (Wildman–Crippen MR) is 126 cm³/mol. The SMILES string of the molecule is COc1ccc(OC2CC(C(=O)Nc3ncc(Oc4cnc(N5CCOCC5)nc4)s3)C2)cc1. The summed E-state index contributed by atoms with van der Waals surface area (Å²) in [5.41, 5.74) is 0. The monoisotopic (exact) mass is 483 g/mol. The number of amides is 1. The van der Waals surface area contributed by atoms with E-state index in [9.17, 15) is 4.79 Å². The summed E-state index contributed by atoms with van der Waals surface area (Å²) >= 11 is 1.26. The van der Waals surface area contributed by atoms with E-state index in [1.807, 2.05) is 24.3 Å². The van der Waals surface area contributed by atoms with Crippen LogP contribution in [0.15, 0.2) is 42.9 Å². The highest BCUT2D eigenvalue weighted by Crippen LogP contribution is 2.35. The number of methoxy groups -OCH3 is 1.